The molecule has 1 aliphatic rings. The van der Waals surface area contributed by atoms with Crippen LogP contribution in [-0.2, 0) is 9.53 Å². The Kier molecular flexibility index (Phi) is 6.74. The van der Waals surface area contributed by atoms with Crippen LogP contribution >= 0.6 is 0 Å². The number of carbonyl (C=O) groups is 2. The molecule has 0 saturated carbocycles. The van der Waals surface area contributed by atoms with E-state index in [1.54, 1.807) is 24.1 Å². The Hall–Kier alpha value is -3.75. The first-order valence-electron chi connectivity index (χ1n) is 10.6. The monoisotopic (exact) mass is 436 g/mol. The van der Waals surface area contributed by atoms with E-state index in [9.17, 15) is 9.59 Å². The average molecular weight is 436 g/mol. The highest BCUT2D eigenvalue weighted by molar-refractivity contribution is 5.90. The number of para-hydroxylation sites is 1. The van der Waals surface area contributed by atoms with Crippen molar-refractivity contribution < 1.29 is 23.6 Å². The molecule has 1 unspecified atom stereocenters. The van der Waals surface area contributed by atoms with Crippen molar-refractivity contribution in [3.05, 3.63) is 60.2 Å². The van der Waals surface area contributed by atoms with E-state index in [1.165, 1.54) is 6.20 Å². The molecule has 4 rings (SSSR count). The van der Waals surface area contributed by atoms with Gasteiger partial charge in [0.2, 0.25) is 11.7 Å². The molecule has 0 radical (unpaired) electrons. The fourth-order valence-electron chi connectivity index (χ4n) is 3.61. The maximum absolute atomic E-state index is 12.9. The van der Waals surface area contributed by atoms with Crippen LogP contribution in [0.4, 0.5) is 0 Å². The Bertz CT molecular complexity index is 1070. The summed E-state index contributed by atoms with van der Waals surface area (Å²) in [5, 5.41) is 4.05. The summed E-state index contributed by atoms with van der Waals surface area (Å²) in [6.07, 6.45) is 5.55. The number of benzene rings is 1. The first-order valence-corrected chi connectivity index (χ1v) is 10.6. The summed E-state index contributed by atoms with van der Waals surface area (Å²) in [7, 11) is 0. The smallest absolute Gasteiger partial charge is 0.339 e. The quantitative estimate of drug-likeness (QED) is 0.518. The Labute approximate surface area is 185 Å². The molecule has 166 valence electrons. The van der Waals surface area contributed by atoms with Crippen LogP contribution in [0.15, 0.2) is 53.3 Å². The van der Waals surface area contributed by atoms with Gasteiger partial charge in [0.05, 0.1) is 12.2 Å². The zero-order valence-corrected chi connectivity index (χ0v) is 17.8. The molecule has 3 aromatic rings. The van der Waals surface area contributed by atoms with Gasteiger partial charge in [0.1, 0.15) is 11.8 Å². The molecule has 0 bridgehead atoms. The molecule has 9 nitrogen and oxygen atoms in total. The van der Waals surface area contributed by atoms with Crippen molar-refractivity contribution in [2.75, 3.05) is 19.8 Å². The van der Waals surface area contributed by atoms with Crippen molar-refractivity contribution in [1.82, 2.24) is 20.0 Å². The highest BCUT2D eigenvalue weighted by Gasteiger charge is 2.32. The molecule has 1 amide bonds. The Balaban J connectivity index is 1.48. The number of esters is 1. The molecule has 0 spiro atoms. The van der Waals surface area contributed by atoms with Crippen LogP contribution in [0.1, 0.15) is 48.5 Å². The second-order valence-electron chi connectivity index (χ2n) is 7.34. The molecule has 9 heteroatoms. The number of aromatic nitrogens is 3. The fourth-order valence-corrected chi connectivity index (χ4v) is 3.61. The Morgan fingerprint density at radius 2 is 2.03 bits per heavy atom. The van der Waals surface area contributed by atoms with E-state index in [-0.39, 0.29) is 25.2 Å². The first kappa shape index (κ1) is 21.5. The van der Waals surface area contributed by atoms with Crippen LogP contribution in [0.25, 0.3) is 11.4 Å². The number of likely N-dealkylation sites (tertiary alicyclic amines) is 1. The lowest BCUT2D eigenvalue weighted by Gasteiger charge is -2.33. The van der Waals surface area contributed by atoms with Gasteiger partial charge in [0, 0.05) is 24.5 Å². The van der Waals surface area contributed by atoms with Gasteiger partial charge in [-0.25, -0.2) is 4.79 Å². The topological polar surface area (TPSA) is 108 Å². The lowest BCUT2D eigenvalue weighted by Crippen LogP contribution is -2.41. The van der Waals surface area contributed by atoms with E-state index in [2.05, 4.69) is 15.1 Å². The van der Waals surface area contributed by atoms with E-state index in [0.717, 1.165) is 19.3 Å². The summed E-state index contributed by atoms with van der Waals surface area (Å²) in [6.45, 7) is 2.55. The fraction of sp³-hybridized carbons (Fsp3) is 0.348. The van der Waals surface area contributed by atoms with Crippen molar-refractivity contribution in [1.29, 1.82) is 0 Å². The summed E-state index contributed by atoms with van der Waals surface area (Å²) in [5.74, 6) is 0.701. The molecule has 1 saturated heterocycles. The number of hydrogen-bond donors (Lipinski definition) is 0. The van der Waals surface area contributed by atoms with Gasteiger partial charge in [-0.2, -0.15) is 4.98 Å². The SMILES string of the molecule is CCOC(=O)c1cncc(-c2noc(C3CCCCN3C(=O)COc3ccccc3)n2)c1. The minimum absolute atomic E-state index is 0.0625. The van der Waals surface area contributed by atoms with E-state index in [4.69, 9.17) is 14.0 Å². The molecule has 0 aliphatic carbocycles. The minimum Gasteiger partial charge on any atom is -0.484 e. The van der Waals surface area contributed by atoms with Gasteiger partial charge in [-0.15, -0.1) is 0 Å². The number of piperidine rings is 1. The summed E-state index contributed by atoms with van der Waals surface area (Å²) >= 11 is 0. The number of rotatable bonds is 7. The average Bonchev–Trinajstić information content (AvgIpc) is 3.34. The Morgan fingerprint density at radius 1 is 1.19 bits per heavy atom. The summed E-state index contributed by atoms with van der Waals surface area (Å²) < 4.78 is 16.2. The second-order valence-corrected chi connectivity index (χ2v) is 7.34. The van der Waals surface area contributed by atoms with Crippen molar-refractivity contribution in [2.24, 2.45) is 0 Å². The van der Waals surface area contributed by atoms with Crippen LogP contribution in [0.2, 0.25) is 0 Å². The normalized spacial score (nSPS) is 15.9. The van der Waals surface area contributed by atoms with Crippen LogP contribution in [0, 0.1) is 0 Å². The minimum atomic E-state index is -0.465. The first-order chi connectivity index (χ1) is 15.7. The number of hydrogen-bond acceptors (Lipinski definition) is 8. The van der Waals surface area contributed by atoms with Crippen LogP contribution in [0.5, 0.6) is 5.75 Å². The highest BCUT2D eigenvalue weighted by atomic mass is 16.5. The van der Waals surface area contributed by atoms with Crippen molar-refractivity contribution in [2.45, 2.75) is 32.2 Å². The number of carbonyl (C=O) groups excluding carboxylic acids is 2. The molecule has 1 aromatic carbocycles. The van der Waals surface area contributed by atoms with Gasteiger partial charge in [-0.3, -0.25) is 9.78 Å². The third-order valence-electron chi connectivity index (χ3n) is 5.16. The van der Waals surface area contributed by atoms with Gasteiger partial charge in [0.15, 0.2) is 6.61 Å². The summed E-state index contributed by atoms with van der Waals surface area (Å²) in [6, 6.07) is 10.5. The molecular weight excluding hydrogens is 412 g/mol. The van der Waals surface area contributed by atoms with Crippen LogP contribution < -0.4 is 4.74 Å². The third kappa shape index (κ3) is 4.93. The molecule has 32 heavy (non-hydrogen) atoms. The molecular formula is C23H24N4O5. The largest absolute Gasteiger partial charge is 0.484 e. The van der Waals surface area contributed by atoms with E-state index in [1.807, 2.05) is 30.3 Å². The molecule has 1 atom stereocenters. The van der Waals surface area contributed by atoms with E-state index in [0.29, 0.717) is 35.1 Å². The highest BCUT2D eigenvalue weighted by Crippen LogP contribution is 2.31. The van der Waals surface area contributed by atoms with Crippen LogP contribution in [0.3, 0.4) is 0 Å². The lowest BCUT2D eigenvalue weighted by molar-refractivity contribution is -0.138. The zero-order valence-electron chi connectivity index (χ0n) is 17.8. The van der Waals surface area contributed by atoms with Gasteiger partial charge in [-0.1, -0.05) is 23.4 Å². The van der Waals surface area contributed by atoms with Gasteiger partial charge >= 0.3 is 5.97 Å². The maximum atomic E-state index is 12.9. The maximum Gasteiger partial charge on any atom is 0.339 e. The predicted molar refractivity (Wildman–Crippen MR) is 114 cm³/mol. The molecule has 1 aliphatic heterocycles. The molecule has 0 N–H and O–H groups in total. The van der Waals surface area contributed by atoms with E-state index < -0.39 is 5.97 Å². The van der Waals surface area contributed by atoms with Crippen molar-refractivity contribution >= 4 is 11.9 Å². The van der Waals surface area contributed by atoms with Crippen molar-refractivity contribution in [3.8, 4) is 17.1 Å². The number of nitrogens with zero attached hydrogens (tertiary/aromatic N) is 4. The molecule has 1 fully saturated rings. The zero-order chi connectivity index (χ0) is 22.3. The van der Waals surface area contributed by atoms with Gasteiger partial charge < -0.3 is 18.9 Å². The lowest BCUT2D eigenvalue weighted by atomic mass is 10.0. The standard InChI is InChI=1S/C23H24N4O5/c1-2-30-23(29)17-12-16(13-24-14-17)21-25-22(32-26-21)19-10-6-7-11-27(19)20(28)15-31-18-8-4-3-5-9-18/h3-5,8-9,12-14,19H,2,6-7,10-11,15H2,1H3. The number of pyridine rings is 1. The summed E-state index contributed by atoms with van der Waals surface area (Å²) in [4.78, 5) is 35.2. The van der Waals surface area contributed by atoms with Crippen molar-refractivity contribution in [3.63, 3.8) is 0 Å². The Morgan fingerprint density at radius 3 is 2.84 bits per heavy atom. The third-order valence-corrected chi connectivity index (χ3v) is 5.16. The predicted octanol–water partition coefficient (Wildman–Crippen LogP) is 3.44. The van der Waals surface area contributed by atoms with E-state index >= 15 is 0 Å². The summed E-state index contributed by atoms with van der Waals surface area (Å²) in [5.41, 5.74) is 0.842. The number of amides is 1. The van der Waals surface area contributed by atoms with Gasteiger partial charge in [-0.05, 0) is 44.4 Å². The number of ether oxygens (including phenoxy) is 2. The molecule has 2 aromatic heterocycles. The molecule has 3 heterocycles. The van der Waals surface area contributed by atoms with Gasteiger partial charge in [0.25, 0.3) is 5.91 Å². The second kappa shape index (κ2) is 10.0. The van der Waals surface area contributed by atoms with Crippen LogP contribution in [-0.4, -0.2) is 51.7 Å².